The van der Waals surface area contributed by atoms with E-state index >= 15 is 0 Å². The lowest BCUT2D eigenvalue weighted by atomic mass is 10.00. The molecular formula is C24H18N2O4. The molecule has 2 aromatic carbocycles. The van der Waals surface area contributed by atoms with E-state index in [1.165, 1.54) is 5.56 Å². The van der Waals surface area contributed by atoms with E-state index in [9.17, 15) is 4.79 Å². The zero-order valence-corrected chi connectivity index (χ0v) is 16.2. The molecule has 0 aliphatic rings. The third kappa shape index (κ3) is 4.76. The number of carbonyl (C=O) groups is 1. The Balaban J connectivity index is 0.000000806. The number of rotatable bonds is 4. The highest BCUT2D eigenvalue weighted by atomic mass is 16.3. The van der Waals surface area contributed by atoms with Gasteiger partial charge in [0.15, 0.2) is 5.76 Å². The van der Waals surface area contributed by atoms with Crippen LogP contribution in [0.1, 0.15) is 15.9 Å². The average Bonchev–Trinajstić information content (AvgIpc) is 3.30. The number of hydrogen-bond acceptors (Lipinski definition) is 5. The van der Waals surface area contributed by atoms with E-state index in [-0.39, 0.29) is 6.15 Å². The number of hydrogen-bond donors (Lipinski definition) is 1. The first-order valence-electron chi connectivity index (χ1n) is 9.04. The van der Waals surface area contributed by atoms with Gasteiger partial charge >= 0.3 is 6.15 Å². The van der Waals surface area contributed by atoms with Gasteiger partial charge in [-0.15, -0.1) is 0 Å². The van der Waals surface area contributed by atoms with Gasteiger partial charge in [-0.1, -0.05) is 42.0 Å². The Hall–Kier alpha value is -4.28. The first-order valence-corrected chi connectivity index (χ1v) is 9.04. The third-order valence-electron chi connectivity index (χ3n) is 4.45. The van der Waals surface area contributed by atoms with Crippen LogP contribution in [0.15, 0.2) is 83.5 Å². The summed E-state index contributed by atoms with van der Waals surface area (Å²) in [6.45, 7) is 2.06. The van der Waals surface area contributed by atoms with Crippen LogP contribution in [0.25, 0.3) is 33.8 Å². The molecule has 0 saturated heterocycles. The van der Waals surface area contributed by atoms with Gasteiger partial charge in [-0.2, -0.15) is 9.59 Å². The molecule has 2 aromatic heterocycles. The van der Waals surface area contributed by atoms with Crippen molar-refractivity contribution in [3.63, 3.8) is 0 Å². The molecule has 0 aliphatic carbocycles. The molecule has 4 rings (SSSR count). The van der Waals surface area contributed by atoms with E-state index < -0.39 is 5.91 Å². The lowest BCUT2D eigenvalue weighted by molar-refractivity contribution is -0.191. The van der Waals surface area contributed by atoms with E-state index in [1.807, 2.05) is 36.4 Å². The molecule has 0 unspecified atom stereocenters. The fourth-order valence-corrected chi connectivity index (χ4v) is 2.95. The van der Waals surface area contributed by atoms with E-state index in [4.69, 9.17) is 24.7 Å². The molecule has 1 amide bonds. The quantitative estimate of drug-likeness (QED) is 0.545. The standard InChI is InChI=1S/C23H18N2O2.CO2/c1-15-4-6-17(7-5-15)20-13-19(14-21(25-20)22-3-2-12-27-22)16-8-10-18(11-9-16)23(24)26;2-1-3/h2-14H,1H3,(H2,24,26);. The Labute approximate surface area is 173 Å². The van der Waals surface area contributed by atoms with E-state index in [2.05, 4.69) is 31.2 Å². The van der Waals surface area contributed by atoms with E-state index in [0.717, 1.165) is 28.1 Å². The molecule has 2 N–H and O–H groups in total. The van der Waals surface area contributed by atoms with E-state index in [0.29, 0.717) is 11.3 Å². The van der Waals surface area contributed by atoms with Crippen LogP contribution >= 0.6 is 0 Å². The molecule has 0 aliphatic heterocycles. The number of carbonyl (C=O) groups excluding carboxylic acids is 3. The molecule has 4 aromatic rings. The predicted molar refractivity (Wildman–Crippen MR) is 111 cm³/mol. The summed E-state index contributed by atoms with van der Waals surface area (Å²) in [7, 11) is 0. The van der Waals surface area contributed by atoms with Crippen molar-refractivity contribution in [2.75, 3.05) is 0 Å². The highest BCUT2D eigenvalue weighted by molar-refractivity contribution is 5.93. The SMILES string of the molecule is Cc1ccc(-c2cc(-c3ccc(C(N)=O)cc3)cc(-c3ccco3)n2)cc1.O=C=O. The van der Waals surface area contributed by atoms with Crippen molar-refractivity contribution in [3.05, 3.63) is 90.2 Å². The first kappa shape index (κ1) is 20.5. The summed E-state index contributed by atoms with van der Waals surface area (Å²) < 4.78 is 5.55. The molecule has 6 heteroatoms. The van der Waals surface area contributed by atoms with Gasteiger partial charge in [0.25, 0.3) is 0 Å². The number of primary amides is 1. The van der Waals surface area contributed by atoms with Crippen molar-refractivity contribution in [2.24, 2.45) is 5.73 Å². The van der Waals surface area contributed by atoms with Crippen molar-refractivity contribution in [1.29, 1.82) is 0 Å². The molecule has 0 radical (unpaired) electrons. The second-order valence-corrected chi connectivity index (χ2v) is 6.49. The number of benzene rings is 2. The molecule has 2 heterocycles. The van der Waals surface area contributed by atoms with Crippen LogP contribution in [-0.2, 0) is 9.59 Å². The number of pyridine rings is 1. The molecule has 0 spiro atoms. The maximum Gasteiger partial charge on any atom is 0.373 e. The van der Waals surface area contributed by atoms with Crippen molar-refractivity contribution in [1.82, 2.24) is 4.98 Å². The Morgan fingerprint density at radius 2 is 1.47 bits per heavy atom. The lowest BCUT2D eigenvalue weighted by Gasteiger charge is -2.09. The summed E-state index contributed by atoms with van der Waals surface area (Å²) >= 11 is 0. The lowest BCUT2D eigenvalue weighted by Crippen LogP contribution is -2.10. The minimum atomic E-state index is -0.437. The monoisotopic (exact) mass is 398 g/mol. The van der Waals surface area contributed by atoms with E-state index in [1.54, 1.807) is 18.4 Å². The minimum absolute atomic E-state index is 0.250. The Kier molecular flexibility index (Phi) is 6.33. The van der Waals surface area contributed by atoms with Gasteiger partial charge in [0.1, 0.15) is 5.69 Å². The molecule has 0 saturated carbocycles. The maximum atomic E-state index is 11.3. The number of nitrogens with zero attached hydrogens (tertiary/aromatic N) is 1. The summed E-state index contributed by atoms with van der Waals surface area (Å²) in [4.78, 5) is 32.4. The summed E-state index contributed by atoms with van der Waals surface area (Å²) in [6, 6.07) is 23.3. The Bertz CT molecular complexity index is 1170. The van der Waals surface area contributed by atoms with Crippen LogP contribution in [0.4, 0.5) is 0 Å². The first-order chi connectivity index (χ1) is 14.5. The second kappa shape index (κ2) is 9.28. The molecule has 148 valence electrons. The normalized spacial score (nSPS) is 9.90. The van der Waals surface area contributed by atoms with Gasteiger partial charge in [0, 0.05) is 11.1 Å². The topological polar surface area (TPSA) is 103 Å². The van der Waals surface area contributed by atoms with Crippen LogP contribution in [0, 0.1) is 6.92 Å². The smallest absolute Gasteiger partial charge is 0.373 e. The number of nitrogens with two attached hydrogens (primary N) is 1. The average molecular weight is 398 g/mol. The predicted octanol–water partition coefficient (Wildman–Crippen LogP) is 4.50. The maximum absolute atomic E-state index is 11.3. The molecule has 6 nitrogen and oxygen atoms in total. The van der Waals surface area contributed by atoms with Crippen molar-refractivity contribution in [3.8, 4) is 33.8 Å². The zero-order valence-electron chi connectivity index (χ0n) is 16.2. The highest BCUT2D eigenvalue weighted by Gasteiger charge is 2.11. The molecule has 0 fully saturated rings. The number of aromatic nitrogens is 1. The fraction of sp³-hybridized carbons (Fsp3) is 0.0417. The van der Waals surface area contributed by atoms with Crippen LogP contribution < -0.4 is 5.73 Å². The minimum Gasteiger partial charge on any atom is -0.463 e. The molecule has 30 heavy (non-hydrogen) atoms. The second-order valence-electron chi connectivity index (χ2n) is 6.49. The third-order valence-corrected chi connectivity index (χ3v) is 4.45. The van der Waals surface area contributed by atoms with Crippen LogP contribution in [-0.4, -0.2) is 17.0 Å². The highest BCUT2D eigenvalue weighted by Crippen LogP contribution is 2.30. The van der Waals surface area contributed by atoms with Gasteiger partial charge in [-0.05, 0) is 54.4 Å². The van der Waals surface area contributed by atoms with Crippen molar-refractivity contribution >= 4 is 12.1 Å². The number of aryl methyl sites for hydroxylation is 1. The van der Waals surface area contributed by atoms with Gasteiger partial charge in [0.05, 0.1) is 12.0 Å². The summed E-state index contributed by atoms with van der Waals surface area (Å²) in [6.07, 6.45) is 1.89. The summed E-state index contributed by atoms with van der Waals surface area (Å²) in [5.74, 6) is 0.270. The summed E-state index contributed by atoms with van der Waals surface area (Å²) in [5.41, 5.74) is 11.6. The van der Waals surface area contributed by atoms with Gasteiger partial charge in [-0.25, -0.2) is 4.98 Å². The Morgan fingerprint density at radius 3 is 2.03 bits per heavy atom. The Morgan fingerprint density at radius 1 is 0.867 bits per heavy atom. The number of amides is 1. The van der Waals surface area contributed by atoms with Gasteiger partial charge in [-0.3, -0.25) is 4.79 Å². The van der Waals surface area contributed by atoms with Gasteiger partial charge in [0.2, 0.25) is 5.91 Å². The van der Waals surface area contributed by atoms with Crippen LogP contribution in [0.2, 0.25) is 0 Å². The van der Waals surface area contributed by atoms with Gasteiger partial charge < -0.3 is 10.2 Å². The number of furan rings is 1. The zero-order chi connectivity index (χ0) is 21.5. The molecule has 0 bridgehead atoms. The van der Waals surface area contributed by atoms with Crippen molar-refractivity contribution < 1.29 is 18.8 Å². The van der Waals surface area contributed by atoms with Crippen molar-refractivity contribution in [2.45, 2.75) is 6.92 Å². The summed E-state index contributed by atoms with van der Waals surface area (Å²) in [5, 5.41) is 0. The fourth-order valence-electron chi connectivity index (χ4n) is 2.95. The molecular weight excluding hydrogens is 380 g/mol. The largest absolute Gasteiger partial charge is 0.463 e. The molecule has 0 atom stereocenters. The van der Waals surface area contributed by atoms with Crippen LogP contribution in [0.5, 0.6) is 0 Å². The van der Waals surface area contributed by atoms with Crippen LogP contribution in [0.3, 0.4) is 0 Å².